The lowest BCUT2D eigenvalue weighted by Crippen LogP contribution is -2.34. The number of para-hydroxylation sites is 1. The number of aryl methyl sites for hydroxylation is 3. The van der Waals surface area contributed by atoms with Crippen molar-refractivity contribution in [1.82, 2.24) is 9.47 Å². The Balaban J connectivity index is 1.60. The molecule has 2 unspecified atom stereocenters. The summed E-state index contributed by atoms with van der Waals surface area (Å²) >= 11 is 0. The number of aromatic nitrogens is 1. The van der Waals surface area contributed by atoms with E-state index in [1.807, 2.05) is 0 Å². The topological polar surface area (TPSA) is 8.17 Å². The molecule has 0 amide bonds. The molecule has 1 saturated heterocycles. The largest absolute Gasteiger partial charge is 0.344 e. The van der Waals surface area contributed by atoms with Gasteiger partial charge >= 0.3 is 0 Å². The van der Waals surface area contributed by atoms with Crippen LogP contribution in [0.1, 0.15) is 41.3 Å². The number of hydrogen-bond donors (Lipinski definition) is 0. The predicted molar refractivity (Wildman–Crippen MR) is 104 cm³/mol. The van der Waals surface area contributed by atoms with E-state index < -0.39 is 0 Å². The third-order valence-electron chi connectivity index (χ3n) is 6.59. The van der Waals surface area contributed by atoms with Gasteiger partial charge in [0.1, 0.15) is 0 Å². The molecule has 0 saturated carbocycles. The van der Waals surface area contributed by atoms with Gasteiger partial charge in [0, 0.05) is 41.6 Å². The first-order valence-corrected chi connectivity index (χ1v) is 9.60. The molecule has 128 valence electrons. The van der Waals surface area contributed by atoms with Crippen LogP contribution < -0.4 is 0 Å². The summed E-state index contributed by atoms with van der Waals surface area (Å²) in [5, 5.41) is 1.49. The monoisotopic (exact) mass is 330 g/mol. The van der Waals surface area contributed by atoms with Crippen molar-refractivity contribution in [1.29, 1.82) is 0 Å². The highest BCUT2D eigenvalue weighted by molar-refractivity contribution is 5.86. The number of likely N-dealkylation sites (N-methyl/N-ethyl adjacent to an activating group) is 1. The van der Waals surface area contributed by atoms with Gasteiger partial charge in [-0.3, -0.25) is 4.90 Å². The third-order valence-corrected chi connectivity index (χ3v) is 6.59. The Morgan fingerprint density at radius 2 is 1.80 bits per heavy atom. The average Bonchev–Trinajstić information content (AvgIpc) is 3.05. The van der Waals surface area contributed by atoms with Crippen LogP contribution in [-0.4, -0.2) is 22.6 Å². The van der Waals surface area contributed by atoms with E-state index in [0.717, 1.165) is 19.0 Å². The zero-order chi connectivity index (χ0) is 17.0. The Morgan fingerprint density at radius 1 is 1.00 bits per heavy atom. The Bertz CT molecular complexity index is 936. The van der Waals surface area contributed by atoms with Crippen LogP contribution in [0.15, 0.2) is 48.5 Å². The molecule has 2 aromatic carbocycles. The molecule has 2 atom stereocenters. The minimum absolute atomic E-state index is 0.623. The van der Waals surface area contributed by atoms with Gasteiger partial charge in [0.2, 0.25) is 0 Å². The Kier molecular flexibility index (Phi) is 3.49. The molecule has 0 N–H and O–H groups in total. The molecule has 25 heavy (non-hydrogen) atoms. The second kappa shape index (κ2) is 5.74. The van der Waals surface area contributed by atoms with E-state index in [9.17, 15) is 0 Å². The van der Waals surface area contributed by atoms with Crippen molar-refractivity contribution in [2.75, 3.05) is 7.05 Å². The van der Waals surface area contributed by atoms with E-state index in [2.05, 4.69) is 72.0 Å². The van der Waals surface area contributed by atoms with Crippen LogP contribution in [0, 0.1) is 6.92 Å². The summed E-state index contributed by atoms with van der Waals surface area (Å²) < 4.78 is 2.63. The molecule has 2 bridgehead atoms. The smallest absolute Gasteiger partial charge is 0.0486 e. The first-order chi connectivity index (χ1) is 12.2. The highest BCUT2D eigenvalue weighted by atomic mass is 15.2. The third kappa shape index (κ3) is 2.27. The highest BCUT2D eigenvalue weighted by Gasteiger charge is 2.40. The van der Waals surface area contributed by atoms with Crippen molar-refractivity contribution < 1.29 is 0 Å². The number of hydrogen-bond acceptors (Lipinski definition) is 1. The van der Waals surface area contributed by atoms with Gasteiger partial charge in [-0.15, -0.1) is 0 Å². The summed E-state index contributed by atoms with van der Waals surface area (Å²) in [5.41, 5.74) is 7.55. The molecule has 5 rings (SSSR count). The van der Waals surface area contributed by atoms with Crippen molar-refractivity contribution in [3.05, 3.63) is 70.9 Å². The molecule has 2 aliphatic heterocycles. The van der Waals surface area contributed by atoms with E-state index in [1.165, 1.54) is 41.3 Å². The van der Waals surface area contributed by atoms with E-state index in [4.69, 9.17) is 0 Å². The van der Waals surface area contributed by atoms with E-state index >= 15 is 0 Å². The SMILES string of the molecule is Cc1ccccc1CCn1c2c(c3ccccc31)C1CCC(C2)N1C. The normalized spacial score (nSPS) is 22.5. The Hall–Kier alpha value is -2.06. The van der Waals surface area contributed by atoms with Crippen LogP contribution >= 0.6 is 0 Å². The fraction of sp³-hybridized carbons (Fsp3) is 0.391. The van der Waals surface area contributed by atoms with E-state index in [1.54, 1.807) is 11.3 Å². The first kappa shape index (κ1) is 15.2. The Morgan fingerprint density at radius 3 is 2.68 bits per heavy atom. The molecule has 1 fully saturated rings. The Labute approximate surface area is 150 Å². The van der Waals surface area contributed by atoms with Crippen LogP contribution in [0.2, 0.25) is 0 Å². The minimum atomic E-state index is 0.623. The van der Waals surface area contributed by atoms with Crippen molar-refractivity contribution in [3.8, 4) is 0 Å². The number of fused-ring (bicyclic) bond motifs is 6. The summed E-state index contributed by atoms with van der Waals surface area (Å²) in [5.74, 6) is 0. The quantitative estimate of drug-likeness (QED) is 0.664. The summed E-state index contributed by atoms with van der Waals surface area (Å²) in [4.78, 5) is 2.63. The summed E-state index contributed by atoms with van der Waals surface area (Å²) in [6.45, 7) is 3.32. The van der Waals surface area contributed by atoms with Crippen molar-refractivity contribution >= 4 is 10.9 Å². The summed E-state index contributed by atoms with van der Waals surface area (Å²) in [6.07, 6.45) is 5.00. The fourth-order valence-corrected chi connectivity index (χ4v) is 5.18. The first-order valence-electron chi connectivity index (χ1n) is 9.60. The highest BCUT2D eigenvalue weighted by Crippen LogP contribution is 2.46. The van der Waals surface area contributed by atoms with Crippen LogP contribution in [-0.2, 0) is 19.4 Å². The van der Waals surface area contributed by atoms with Gasteiger partial charge in [-0.2, -0.15) is 0 Å². The van der Waals surface area contributed by atoms with Gasteiger partial charge in [0.25, 0.3) is 0 Å². The van der Waals surface area contributed by atoms with Crippen LogP contribution in [0.25, 0.3) is 10.9 Å². The molecule has 3 aromatic rings. The summed E-state index contributed by atoms with van der Waals surface area (Å²) in [7, 11) is 2.32. The predicted octanol–water partition coefficient (Wildman–Crippen LogP) is 4.88. The van der Waals surface area contributed by atoms with Crippen molar-refractivity contribution in [2.45, 2.75) is 51.2 Å². The molecule has 2 nitrogen and oxygen atoms in total. The number of nitrogens with zero attached hydrogens (tertiary/aromatic N) is 2. The molecule has 0 radical (unpaired) electrons. The zero-order valence-electron chi connectivity index (χ0n) is 15.2. The summed E-state index contributed by atoms with van der Waals surface area (Å²) in [6, 6.07) is 19.2. The fourth-order valence-electron chi connectivity index (χ4n) is 5.18. The second-order valence-corrected chi connectivity index (χ2v) is 7.82. The minimum Gasteiger partial charge on any atom is -0.344 e. The number of benzene rings is 2. The van der Waals surface area contributed by atoms with Crippen LogP contribution in [0.3, 0.4) is 0 Å². The maximum absolute atomic E-state index is 2.63. The second-order valence-electron chi connectivity index (χ2n) is 7.82. The molecule has 2 heteroatoms. The molecule has 2 aliphatic rings. The average molecular weight is 330 g/mol. The van der Waals surface area contributed by atoms with Gasteiger partial charge in [0.15, 0.2) is 0 Å². The standard InChI is InChI=1S/C23H26N2/c1-16-7-3-4-8-17(16)13-14-25-20-10-6-5-9-19(20)23-21-12-11-18(24(21)2)15-22(23)25/h3-10,18,21H,11-15H2,1-2H3. The lowest BCUT2D eigenvalue weighted by Gasteiger charge is -2.32. The lowest BCUT2D eigenvalue weighted by atomic mass is 9.97. The van der Waals surface area contributed by atoms with Crippen molar-refractivity contribution in [3.63, 3.8) is 0 Å². The molecule has 3 heterocycles. The van der Waals surface area contributed by atoms with Gasteiger partial charge < -0.3 is 4.57 Å². The maximum Gasteiger partial charge on any atom is 0.0486 e. The molecule has 1 aromatic heterocycles. The maximum atomic E-state index is 2.63. The van der Waals surface area contributed by atoms with Crippen LogP contribution in [0.4, 0.5) is 0 Å². The van der Waals surface area contributed by atoms with Crippen LogP contribution in [0.5, 0.6) is 0 Å². The molecule has 0 spiro atoms. The van der Waals surface area contributed by atoms with Gasteiger partial charge in [0.05, 0.1) is 0 Å². The molecular formula is C23H26N2. The lowest BCUT2D eigenvalue weighted by molar-refractivity contribution is 0.222. The van der Waals surface area contributed by atoms with Gasteiger partial charge in [-0.05, 0) is 56.0 Å². The van der Waals surface area contributed by atoms with E-state index in [0.29, 0.717) is 6.04 Å². The zero-order valence-corrected chi connectivity index (χ0v) is 15.2. The van der Waals surface area contributed by atoms with Crippen molar-refractivity contribution in [2.24, 2.45) is 0 Å². The van der Waals surface area contributed by atoms with E-state index in [-0.39, 0.29) is 0 Å². The number of rotatable bonds is 3. The molecule has 0 aliphatic carbocycles. The van der Waals surface area contributed by atoms with Gasteiger partial charge in [-0.25, -0.2) is 0 Å². The molecular weight excluding hydrogens is 304 g/mol. The van der Waals surface area contributed by atoms with Gasteiger partial charge in [-0.1, -0.05) is 42.5 Å².